The van der Waals surface area contributed by atoms with E-state index in [1.54, 1.807) is 6.07 Å². The maximum absolute atomic E-state index is 13.0. The van der Waals surface area contributed by atoms with E-state index in [0.29, 0.717) is 5.69 Å². The number of carbonyl (C=O) groups is 2. The van der Waals surface area contributed by atoms with Crippen molar-refractivity contribution in [2.45, 2.75) is 0 Å². The monoisotopic (exact) mass is 332 g/mol. The summed E-state index contributed by atoms with van der Waals surface area (Å²) in [5.74, 6) is -1.50. The maximum atomic E-state index is 13.0. The molecule has 2 amide bonds. The van der Waals surface area contributed by atoms with E-state index in [9.17, 15) is 14.0 Å². The standard InChI is InChI=1S/C15H9FN2O2S2/c16-10-1-3-11(4-2-10)18-14(20)12(13(19)17-15(18)21)7-9-5-6-22-8-9/h1-8H,(H,17,19,21)/b12-7+. The van der Waals surface area contributed by atoms with Gasteiger partial charge < -0.3 is 0 Å². The number of rotatable bonds is 2. The van der Waals surface area contributed by atoms with Crippen molar-refractivity contribution in [2.24, 2.45) is 0 Å². The zero-order valence-corrected chi connectivity index (χ0v) is 12.7. The van der Waals surface area contributed by atoms with Crippen molar-refractivity contribution >= 4 is 52.2 Å². The number of amides is 2. The van der Waals surface area contributed by atoms with Gasteiger partial charge in [0.05, 0.1) is 5.69 Å². The van der Waals surface area contributed by atoms with E-state index < -0.39 is 17.6 Å². The molecular formula is C15H9FN2O2S2. The Morgan fingerprint density at radius 1 is 1.18 bits per heavy atom. The van der Waals surface area contributed by atoms with Gasteiger partial charge in [-0.25, -0.2) is 4.39 Å². The van der Waals surface area contributed by atoms with E-state index in [1.165, 1.54) is 46.6 Å². The van der Waals surface area contributed by atoms with Crippen molar-refractivity contribution in [2.75, 3.05) is 4.90 Å². The SMILES string of the molecule is O=C1NC(=S)N(c2ccc(F)cc2)C(=O)/C1=C/c1ccsc1. The summed E-state index contributed by atoms with van der Waals surface area (Å²) in [6.45, 7) is 0. The van der Waals surface area contributed by atoms with Crippen LogP contribution in [0, 0.1) is 5.82 Å². The van der Waals surface area contributed by atoms with Crippen molar-refractivity contribution in [3.63, 3.8) is 0 Å². The summed E-state index contributed by atoms with van der Waals surface area (Å²) in [4.78, 5) is 25.8. The minimum atomic E-state index is -0.542. The molecule has 0 unspecified atom stereocenters. The molecule has 3 rings (SSSR count). The van der Waals surface area contributed by atoms with Crippen LogP contribution in [0.4, 0.5) is 10.1 Å². The third kappa shape index (κ3) is 2.68. The highest BCUT2D eigenvalue weighted by molar-refractivity contribution is 7.80. The van der Waals surface area contributed by atoms with Gasteiger partial charge in [-0.2, -0.15) is 11.3 Å². The number of thiocarbonyl (C=S) groups is 1. The summed E-state index contributed by atoms with van der Waals surface area (Å²) in [6.07, 6.45) is 1.51. The van der Waals surface area contributed by atoms with Crippen LogP contribution in [0.3, 0.4) is 0 Å². The lowest BCUT2D eigenvalue weighted by Crippen LogP contribution is -2.54. The lowest BCUT2D eigenvalue weighted by molar-refractivity contribution is -0.122. The number of benzene rings is 1. The van der Waals surface area contributed by atoms with Crippen LogP contribution in [0.15, 0.2) is 46.7 Å². The van der Waals surface area contributed by atoms with Gasteiger partial charge in [0.25, 0.3) is 11.8 Å². The molecule has 1 aliphatic heterocycles. The van der Waals surface area contributed by atoms with Gasteiger partial charge in [0.2, 0.25) is 0 Å². The highest BCUT2D eigenvalue weighted by atomic mass is 32.1. The predicted octanol–water partition coefficient (Wildman–Crippen LogP) is 2.72. The molecule has 1 aromatic carbocycles. The van der Waals surface area contributed by atoms with Crippen LogP contribution in [-0.2, 0) is 9.59 Å². The number of thiophene rings is 1. The molecule has 1 fully saturated rings. The van der Waals surface area contributed by atoms with E-state index in [1.807, 2.05) is 10.8 Å². The van der Waals surface area contributed by atoms with Gasteiger partial charge in [-0.1, -0.05) is 0 Å². The third-order valence-corrected chi connectivity index (χ3v) is 4.03. The molecule has 4 nitrogen and oxygen atoms in total. The van der Waals surface area contributed by atoms with E-state index in [0.717, 1.165) is 5.56 Å². The highest BCUT2D eigenvalue weighted by Crippen LogP contribution is 2.22. The number of nitrogens with zero attached hydrogens (tertiary/aromatic N) is 1. The van der Waals surface area contributed by atoms with Crippen LogP contribution >= 0.6 is 23.6 Å². The first-order valence-corrected chi connectivity index (χ1v) is 7.60. The molecule has 0 spiro atoms. The molecule has 1 aliphatic rings. The Hall–Kier alpha value is -2.38. The summed E-state index contributed by atoms with van der Waals surface area (Å²) in [6, 6.07) is 7.11. The summed E-state index contributed by atoms with van der Waals surface area (Å²) in [5.41, 5.74) is 1.14. The summed E-state index contributed by atoms with van der Waals surface area (Å²) >= 11 is 6.51. The smallest absolute Gasteiger partial charge is 0.270 e. The lowest BCUT2D eigenvalue weighted by Gasteiger charge is -2.28. The van der Waals surface area contributed by atoms with Crippen LogP contribution in [0.5, 0.6) is 0 Å². The molecule has 0 bridgehead atoms. The van der Waals surface area contributed by atoms with Crippen LogP contribution < -0.4 is 10.2 Å². The van der Waals surface area contributed by atoms with Crippen molar-refractivity contribution < 1.29 is 14.0 Å². The van der Waals surface area contributed by atoms with Gasteiger partial charge in [-0.05, 0) is 64.9 Å². The Morgan fingerprint density at radius 3 is 2.55 bits per heavy atom. The van der Waals surface area contributed by atoms with Gasteiger partial charge in [0.15, 0.2) is 5.11 Å². The van der Waals surface area contributed by atoms with E-state index in [2.05, 4.69) is 5.32 Å². The van der Waals surface area contributed by atoms with Crippen molar-refractivity contribution in [1.82, 2.24) is 5.32 Å². The molecular weight excluding hydrogens is 323 g/mol. The summed E-state index contributed by atoms with van der Waals surface area (Å²) in [7, 11) is 0. The average Bonchev–Trinajstić information content (AvgIpc) is 2.98. The first kappa shape index (κ1) is 14.6. The van der Waals surface area contributed by atoms with E-state index in [-0.39, 0.29) is 10.7 Å². The molecule has 2 heterocycles. The highest BCUT2D eigenvalue weighted by Gasteiger charge is 2.34. The fourth-order valence-electron chi connectivity index (χ4n) is 2.01. The fourth-order valence-corrected chi connectivity index (χ4v) is 2.90. The number of nitrogens with one attached hydrogen (secondary N) is 1. The second-order valence-corrected chi connectivity index (χ2v) is 5.66. The Morgan fingerprint density at radius 2 is 1.91 bits per heavy atom. The number of hydrogen-bond donors (Lipinski definition) is 1. The maximum Gasteiger partial charge on any atom is 0.270 e. The molecule has 0 radical (unpaired) electrons. The Balaban J connectivity index is 2.01. The van der Waals surface area contributed by atoms with Gasteiger partial charge >= 0.3 is 0 Å². The van der Waals surface area contributed by atoms with Crippen LogP contribution in [0.1, 0.15) is 5.56 Å². The zero-order valence-electron chi connectivity index (χ0n) is 11.1. The molecule has 1 saturated heterocycles. The van der Waals surface area contributed by atoms with Gasteiger partial charge in [0.1, 0.15) is 11.4 Å². The molecule has 0 saturated carbocycles. The molecule has 1 N–H and O–H groups in total. The van der Waals surface area contributed by atoms with Gasteiger partial charge in [-0.3, -0.25) is 19.8 Å². The van der Waals surface area contributed by atoms with Crippen LogP contribution in [0.25, 0.3) is 6.08 Å². The number of hydrogen-bond acceptors (Lipinski definition) is 4. The first-order chi connectivity index (χ1) is 10.6. The Bertz CT molecular complexity index is 782. The fraction of sp³-hybridized carbons (Fsp3) is 0. The number of halogens is 1. The minimum Gasteiger partial charge on any atom is -0.298 e. The average molecular weight is 332 g/mol. The quantitative estimate of drug-likeness (QED) is 0.523. The van der Waals surface area contributed by atoms with Crippen molar-refractivity contribution in [3.8, 4) is 0 Å². The molecule has 0 aliphatic carbocycles. The lowest BCUT2D eigenvalue weighted by atomic mass is 10.1. The first-order valence-electron chi connectivity index (χ1n) is 6.25. The summed E-state index contributed by atoms with van der Waals surface area (Å²) in [5, 5.41) is 6.12. The van der Waals surface area contributed by atoms with Gasteiger partial charge in [-0.15, -0.1) is 0 Å². The second-order valence-electron chi connectivity index (χ2n) is 4.49. The topological polar surface area (TPSA) is 49.4 Å². The largest absolute Gasteiger partial charge is 0.298 e. The van der Waals surface area contributed by atoms with Gasteiger partial charge in [0, 0.05) is 0 Å². The number of carbonyl (C=O) groups excluding carboxylic acids is 2. The normalized spacial score (nSPS) is 17.0. The second kappa shape index (κ2) is 5.78. The molecule has 0 atom stereocenters. The molecule has 1 aromatic heterocycles. The van der Waals surface area contributed by atoms with Crippen molar-refractivity contribution in [3.05, 3.63) is 58.0 Å². The Kier molecular flexibility index (Phi) is 3.82. The molecule has 22 heavy (non-hydrogen) atoms. The predicted molar refractivity (Wildman–Crippen MR) is 86.9 cm³/mol. The molecule has 110 valence electrons. The molecule has 2 aromatic rings. The Labute approximate surface area is 134 Å². The number of anilines is 1. The van der Waals surface area contributed by atoms with Crippen molar-refractivity contribution in [1.29, 1.82) is 0 Å². The zero-order chi connectivity index (χ0) is 15.7. The van der Waals surface area contributed by atoms with E-state index in [4.69, 9.17) is 12.2 Å². The minimum absolute atomic E-state index is 0.0173. The third-order valence-electron chi connectivity index (χ3n) is 3.04. The van der Waals surface area contributed by atoms with Crippen LogP contribution in [-0.4, -0.2) is 16.9 Å². The summed E-state index contributed by atoms with van der Waals surface area (Å²) < 4.78 is 13.0. The van der Waals surface area contributed by atoms with E-state index >= 15 is 0 Å². The molecule has 7 heteroatoms. The van der Waals surface area contributed by atoms with Crippen LogP contribution in [0.2, 0.25) is 0 Å².